The van der Waals surface area contributed by atoms with E-state index in [1.807, 2.05) is 11.8 Å². The zero-order valence-corrected chi connectivity index (χ0v) is 14.6. The molecule has 0 bridgehead atoms. The summed E-state index contributed by atoms with van der Waals surface area (Å²) < 4.78 is 26.8. The van der Waals surface area contributed by atoms with Crippen molar-refractivity contribution in [3.05, 3.63) is 33.9 Å². The molecule has 1 aromatic rings. The van der Waals surface area contributed by atoms with E-state index in [4.69, 9.17) is 0 Å². The molecule has 10 heteroatoms. The van der Waals surface area contributed by atoms with Gasteiger partial charge in [0.1, 0.15) is 16.5 Å². The molecule has 0 aromatic heterocycles. The van der Waals surface area contributed by atoms with E-state index in [1.54, 1.807) is 6.07 Å². The lowest BCUT2D eigenvalue weighted by Gasteiger charge is -2.34. The van der Waals surface area contributed by atoms with Crippen LogP contribution in [0.2, 0.25) is 0 Å². The number of hydrogen-bond acceptors (Lipinski definition) is 7. The maximum atomic E-state index is 12.8. The van der Waals surface area contributed by atoms with Crippen molar-refractivity contribution >= 4 is 15.7 Å². The van der Waals surface area contributed by atoms with Crippen LogP contribution >= 0.6 is 0 Å². The fraction of sp³-hybridized carbons (Fsp3) is 0.533. The number of nitriles is 1. The molecule has 0 amide bonds. The Morgan fingerprint density at radius 2 is 2.00 bits per heavy atom. The first-order valence-electron chi connectivity index (χ1n) is 7.89. The molecule has 1 aliphatic rings. The van der Waals surface area contributed by atoms with Crippen molar-refractivity contribution in [1.82, 2.24) is 9.21 Å². The highest BCUT2D eigenvalue weighted by Gasteiger charge is 2.33. The molecule has 25 heavy (non-hydrogen) atoms. The molecular formula is C15H20N4O5S. The second-order valence-electron chi connectivity index (χ2n) is 5.79. The molecule has 2 rings (SSSR count). The molecular weight excluding hydrogens is 348 g/mol. The standard InChI is InChI=1S/C15H20N4O5S/c1-2-12(20)11-17-6-8-18(9-7-17)25(23,24)15-5-3-4-14(19(21)22)13(15)10-16/h3-5,12,20H,2,6-9,11H2,1H3. The van der Waals surface area contributed by atoms with Gasteiger partial charge in [-0.1, -0.05) is 13.0 Å². The number of hydrogen-bond donors (Lipinski definition) is 1. The molecule has 0 spiro atoms. The molecule has 0 radical (unpaired) electrons. The average molecular weight is 368 g/mol. The fourth-order valence-corrected chi connectivity index (χ4v) is 4.30. The summed E-state index contributed by atoms with van der Waals surface area (Å²) in [7, 11) is -4.00. The van der Waals surface area contributed by atoms with E-state index in [0.29, 0.717) is 26.1 Å². The second-order valence-corrected chi connectivity index (χ2v) is 7.69. The molecule has 0 saturated carbocycles. The number of nitro groups is 1. The van der Waals surface area contributed by atoms with E-state index >= 15 is 0 Å². The Bertz CT molecular complexity index is 782. The number of aliphatic hydroxyl groups excluding tert-OH is 1. The second kappa shape index (κ2) is 7.88. The molecule has 0 aliphatic carbocycles. The maximum Gasteiger partial charge on any atom is 0.288 e. The Kier molecular flexibility index (Phi) is 6.07. The minimum absolute atomic E-state index is 0.201. The number of piperazine rings is 1. The van der Waals surface area contributed by atoms with Crippen molar-refractivity contribution in [1.29, 1.82) is 5.26 Å². The summed E-state index contributed by atoms with van der Waals surface area (Å²) in [5.41, 5.74) is -0.968. The van der Waals surface area contributed by atoms with Crippen molar-refractivity contribution in [2.75, 3.05) is 32.7 Å². The first-order chi connectivity index (χ1) is 11.8. The minimum atomic E-state index is -4.00. The van der Waals surface area contributed by atoms with E-state index in [0.717, 1.165) is 6.07 Å². The Labute approximate surface area is 146 Å². The van der Waals surface area contributed by atoms with Gasteiger partial charge in [0.2, 0.25) is 10.0 Å². The Morgan fingerprint density at radius 3 is 2.52 bits per heavy atom. The van der Waals surface area contributed by atoms with Gasteiger partial charge in [-0.3, -0.25) is 15.0 Å². The quantitative estimate of drug-likeness (QED) is 0.573. The highest BCUT2D eigenvalue weighted by Crippen LogP contribution is 2.27. The smallest absolute Gasteiger partial charge is 0.288 e. The zero-order valence-electron chi connectivity index (χ0n) is 13.8. The van der Waals surface area contributed by atoms with Crippen LogP contribution in [0.5, 0.6) is 0 Å². The summed E-state index contributed by atoms with van der Waals surface area (Å²) in [6.07, 6.45) is 0.169. The third-order valence-electron chi connectivity index (χ3n) is 4.20. The van der Waals surface area contributed by atoms with Gasteiger partial charge >= 0.3 is 0 Å². The van der Waals surface area contributed by atoms with Crippen LogP contribution in [0.15, 0.2) is 23.1 Å². The molecule has 1 fully saturated rings. The third-order valence-corrected chi connectivity index (χ3v) is 6.14. The van der Waals surface area contributed by atoms with Gasteiger partial charge in [0.25, 0.3) is 5.69 Å². The van der Waals surface area contributed by atoms with Gasteiger partial charge in [-0.2, -0.15) is 9.57 Å². The van der Waals surface area contributed by atoms with Crippen LogP contribution in [0.25, 0.3) is 0 Å². The number of aliphatic hydroxyl groups is 1. The molecule has 1 saturated heterocycles. The number of benzene rings is 1. The van der Waals surface area contributed by atoms with Gasteiger partial charge in [-0.25, -0.2) is 8.42 Å². The summed E-state index contributed by atoms with van der Waals surface area (Å²) in [5, 5.41) is 29.9. The lowest BCUT2D eigenvalue weighted by atomic mass is 10.2. The summed E-state index contributed by atoms with van der Waals surface area (Å²) in [6.45, 7) is 3.65. The van der Waals surface area contributed by atoms with Gasteiger partial charge in [0, 0.05) is 38.8 Å². The zero-order chi connectivity index (χ0) is 18.6. The lowest BCUT2D eigenvalue weighted by molar-refractivity contribution is -0.385. The summed E-state index contributed by atoms with van der Waals surface area (Å²) in [5.74, 6) is 0. The molecule has 9 nitrogen and oxygen atoms in total. The van der Waals surface area contributed by atoms with E-state index in [2.05, 4.69) is 0 Å². The highest BCUT2D eigenvalue weighted by molar-refractivity contribution is 7.89. The number of nitro benzene ring substituents is 1. The van der Waals surface area contributed by atoms with Crippen LogP contribution < -0.4 is 0 Å². The van der Waals surface area contributed by atoms with Crippen LogP contribution in [0.1, 0.15) is 18.9 Å². The van der Waals surface area contributed by atoms with Gasteiger partial charge in [-0.05, 0) is 12.5 Å². The van der Waals surface area contributed by atoms with Crippen LogP contribution in [0.4, 0.5) is 5.69 Å². The number of sulfonamides is 1. The van der Waals surface area contributed by atoms with Gasteiger partial charge in [0.05, 0.1) is 11.0 Å². The van der Waals surface area contributed by atoms with Crippen LogP contribution in [-0.2, 0) is 10.0 Å². The van der Waals surface area contributed by atoms with Crippen LogP contribution in [0, 0.1) is 21.4 Å². The van der Waals surface area contributed by atoms with Crippen LogP contribution in [-0.4, -0.2) is 66.5 Å². The van der Waals surface area contributed by atoms with E-state index in [-0.39, 0.29) is 18.0 Å². The molecule has 1 unspecified atom stereocenters. The van der Waals surface area contributed by atoms with Crippen molar-refractivity contribution in [3.63, 3.8) is 0 Å². The van der Waals surface area contributed by atoms with Gasteiger partial charge in [-0.15, -0.1) is 0 Å². The lowest BCUT2D eigenvalue weighted by Crippen LogP contribution is -2.50. The number of β-amino-alcohol motifs (C(OH)–C–C–N with tert-alkyl or cyclic N) is 1. The van der Waals surface area contributed by atoms with E-state index < -0.39 is 32.3 Å². The topological polar surface area (TPSA) is 128 Å². The van der Waals surface area contributed by atoms with Crippen molar-refractivity contribution in [2.45, 2.75) is 24.3 Å². The Morgan fingerprint density at radius 1 is 1.36 bits per heavy atom. The predicted molar refractivity (Wildman–Crippen MR) is 89.3 cm³/mol. The first-order valence-corrected chi connectivity index (χ1v) is 9.33. The molecule has 1 aliphatic heterocycles. The van der Waals surface area contributed by atoms with Crippen molar-refractivity contribution in [2.24, 2.45) is 0 Å². The first kappa shape index (κ1) is 19.3. The Balaban J connectivity index is 2.23. The van der Waals surface area contributed by atoms with Gasteiger partial charge < -0.3 is 5.11 Å². The van der Waals surface area contributed by atoms with Crippen LogP contribution in [0.3, 0.4) is 0 Å². The SMILES string of the molecule is CCC(O)CN1CCN(S(=O)(=O)c2cccc([N+](=O)[O-])c2C#N)CC1. The molecule has 136 valence electrons. The van der Waals surface area contributed by atoms with Gasteiger partial charge in [0.15, 0.2) is 0 Å². The molecule has 1 aromatic carbocycles. The Hall–Kier alpha value is -2.06. The monoisotopic (exact) mass is 368 g/mol. The predicted octanol–water partition coefficient (Wildman–Crippen LogP) is 0.544. The summed E-state index contributed by atoms with van der Waals surface area (Å²) >= 11 is 0. The summed E-state index contributed by atoms with van der Waals surface area (Å²) in [4.78, 5) is 11.9. The van der Waals surface area contributed by atoms with E-state index in [9.17, 15) is 28.9 Å². The average Bonchev–Trinajstić information content (AvgIpc) is 2.61. The molecule has 1 atom stereocenters. The number of nitrogens with zero attached hydrogens (tertiary/aromatic N) is 4. The fourth-order valence-electron chi connectivity index (χ4n) is 2.72. The normalized spacial score (nSPS) is 17.8. The number of rotatable bonds is 6. The largest absolute Gasteiger partial charge is 0.392 e. The maximum absolute atomic E-state index is 12.8. The molecule has 1 N–H and O–H groups in total. The third kappa shape index (κ3) is 4.13. The molecule has 1 heterocycles. The van der Waals surface area contributed by atoms with Crippen molar-refractivity contribution < 1.29 is 18.4 Å². The highest BCUT2D eigenvalue weighted by atomic mass is 32.2. The van der Waals surface area contributed by atoms with Crippen molar-refractivity contribution in [3.8, 4) is 6.07 Å². The van der Waals surface area contributed by atoms with E-state index in [1.165, 1.54) is 16.4 Å². The summed E-state index contributed by atoms with van der Waals surface area (Å²) in [6, 6.07) is 5.23. The minimum Gasteiger partial charge on any atom is -0.392 e.